The van der Waals surface area contributed by atoms with Gasteiger partial charge in [0.15, 0.2) is 5.78 Å². The molecule has 0 saturated heterocycles. The first-order chi connectivity index (χ1) is 7.49. The number of hydrogen-bond donors (Lipinski definition) is 0. The van der Waals surface area contributed by atoms with E-state index in [1.54, 1.807) is 6.07 Å². The molecule has 0 bridgehead atoms. The smallest absolute Gasteiger partial charge is 0.160 e. The van der Waals surface area contributed by atoms with Crippen LogP contribution in [0.3, 0.4) is 0 Å². The van der Waals surface area contributed by atoms with Gasteiger partial charge in [-0.3, -0.25) is 4.79 Å². The highest BCUT2D eigenvalue weighted by atomic mass is 35.5. The first-order valence-electron chi connectivity index (χ1n) is 5.16. The molecule has 0 amide bonds. The molecule has 0 N–H and O–H groups in total. The third-order valence-corrected chi connectivity index (χ3v) is 3.72. The summed E-state index contributed by atoms with van der Waals surface area (Å²) in [6.07, 6.45) is 2.76. The fourth-order valence-corrected chi connectivity index (χ4v) is 2.26. The van der Waals surface area contributed by atoms with Crippen LogP contribution in [0.4, 0.5) is 0 Å². The summed E-state index contributed by atoms with van der Waals surface area (Å²) in [7, 11) is 0. The van der Waals surface area contributed by atoms with Crippen molar-refractivity contribution in [3.63, 3.8) is 0 Å². The van der Waals surface area contributed by atoms with Gasteiger partial charge in [-0.1, -0.05) is 48.1 Å². The number of Topliss-reactive ketones (excluding diaryl/α,β-unsaturated/α-hetero) is 1. The molecule has 0 spiro atoms. The molecule has 16 heavy (non-hydrogen) atoms. The zero-order chi connectivity index (χ0) is 12.3. The fraction of sp³-hybridized carbons (Fsp3) is 0.417. The number of rotatable bonds is 4. The third kappa shape index (κ3) is 2.91. The zero-order valence-electron chi connectivity index (χ0n) is 9.24. The second kappa shape index (κ2) is 5.90. The van der Waals surface area contributed by atoms with Gasteiger partial charge in [0.25, 0.3) is 0 Å². The highest BCUT2D eigenvalue weighted by Gasteiger charge is 2.16. The Bertz CT molecular complexity index is 413. The van der Waals surface area contributed by atoms with Crippen LogP contribution in [0.2, 0.25) is 15.1 Å². The molecular weight excluding hydrogens is 266 g/mol. The Labute approximate surface area is 111 Å². The number of unbranched alkanes of at least 4 members (excludes halogenated alkanes) is 1. The van der Waals surface area contributed by atoms with E-state index >= 15 is 0 Å². The van der Waals surface area contributed by atoms with Crippen molar-refractivity contribution in [2.75, 3.05) is 0 Å². The quantitative estimate of drug-likeness (QED) is 0.547. The molecule has 0 radical (unpaired) electrons. The van der Waals surface area contributed by atoms with E-state index in [0.29, 0.717) is 20.6 Å². The predicted molar refractivity (Wildman–Crippen MR) is 70.1 cm³/mol. The molecule has 0 fully saturated rings. The zero-order valence-corrected chi connectivity index (χ0v) is 11.5. The lowest BCUT2D eigenvalue weighted by atomic mass is 9.99. The predicted octanol–water partition coefficient (Wildman–Crippen LogP) is 5.19. The molecule has 0 aliphatic heterocycles. The highest BCUT2D eigenvalue weighted by molar-refractivity contribution is 6.48. The lowest BCUT2D eigenvalue weighted by molar-refractivity contribution is 0.101. The molecule has 1 rings (SSSR count). The van der Waals surface area contributed by atoms with E-state index in [1.807, 2.05) is 0 Å². The number of hydrogen-bond acceptors (Lipinski definition) is 1. The first kappa shape index (κ1) is 13.8. The summed E-state index contributed by atoms with van der Waals surface area (Å²) in [5.74, 6) is -0.0356. The van der Waals surface area contributed by atoms with Crippen LogP contribution in [0, 0.1) is 0 Å². The van der Waals surface area contributed by atoms with Crippen LogP contribution in [0.15, 0.2) is 6.07 Å². The highest BCUT2D eigenvalue weighted by Crippen LogP contribution is 2.36. The van der Waals surface area contributed by atoms with Crippen LogP contribution in [0.1, 0.15) is 42.6 Å². The van der Waals surface area contributed by atoms with Gasteiger partial charge in [0.2, 0.25) is 0 Å². The Kier molecular flexibility index (Phi) is 5.10. The molecule has 1 nitrogen and oxygen atoms in total. The molecule has 0 saturated carbocycles. The normalized spacial score (nSPS) is 10.6. The van der Waals surface area contributed by atoms with E-state index < -0.39 is 0 Å². The van der Waals surface area contributed by atoms with Gasteiger partial charge in [0.1, 0.15) is 0 Å². The third-order valence-electron chi connectivity index (χ3n) is 2.42. The van der Waals surface area contributed by atoms with Gasteiger partial charge in [-0.05, 0) is 31.4 Å². The van der Waals surface area contributed by atoms with Crippen LogP contribution < -0.4 is 0 Å². The Hall–Kier alpha value is -0.240. The first-order valence-corrected chi connectivity index (χ1v) is 6.29. The average molecular weight is 280 g/mol. The molecule has 0 aromatic heterocycles. The van der Waals surface area contributed by atoms with Gasteiger partial charge >= 0.3 is 0 Å². The maximum absolute atomic E-state index is 11.5. The standard InChI is InChI=1S/C12H13Cl3O/c1-3-4-5-8-9(7(2)16)6-10(13)12(15)11(8)14/h6H,3-5H2,1-2H3. The molecule has 0 aliphatic rings. The SMILES string of the molecule is CCCCc1c(C(C)=O)cc(Cl)c(Cl)c1Cl. The summed E-state index contributed by atoms with van der Waals surface area (Å²) >= 11 is 18.0. The fourth-order valence-electron chi connectivity index (χ4n) is 1.54. The van der Waals surface area contributed by atoms with E-state index in [2.05, 4.69) is 6.92 Å². The van der Waals surface area contributed by atoms with E-state index in [0.717, 1.165) is 24.8 Å². The topological polar surface area (TPSA) is 17.1 Å². The molecule has 1 aromatic rings. The lowest BCUT2D eigenvalue weighted by Crippen LogP contribution is -2.01. The molecule has 0 atom stereocenters. The minimum absolute atomic E-state index is 0.0356. The lowest BCUT2D eigenvalue weighted by Gasteiger charge is -2.11. The minimum Gasteiger partial charge on any atom is -0.294 e. The largest absolute Gasteiger partial charge is 0.294 e. The summed E-state index contributed by atoms with van der Waals surface area (Å²) in [6.45, 7) is 3.59. The van der Waals surface area contributed by atoms with Gasteiger partial charge in [-0.15, -0.1) is 0 Å². The molecule has 0 aliphatic carbocycles. The molecule has 0 heterocycles. The number of benzene rings is 1. The van der Waals surface area contributed by atoms with Crippen LogP contribution in [-0.2, 0) is 6.42 Å². The van der Waals surface area contributed by atoms with Crippen molar-refractivity contribution >= 4 is 40.6 Å². The summed E-state index contributed by atoms with van der Waals surface area (Å²) in [5, 5.41) is 1.07. The van der Waals surface area contributed by atoms with Crippen molar-refractivity contribution in [2.45, 2.75) is 33.1 Å². The Morgan fingerprint density at radius 3 is 2.38 bits per heavy atom. The number of ketones is 1. The van der Waals surface area contributed by atoms with E-state index in [-0.39, 0.29) is 5.78 Å². The van der Waals surface area contributed by atoms with Crippen molar-refractivity contribution in [1.29, 1.82) is 0 Å². The van der Waals surface area contributed by atoms with E-state index in [1.165, 1.54) is 6.92 Å². The molecule has 1 aromatic carbocycles. The Balaban J connectivity index is 3.30. The van der Waals surface area contributed by atoms with E-state index in [4.69, 9.17) is 34.8 Å². The van der Waals surface area contributed by atoms with Crippen molar-refractivity contribution in [2.24, 2.45) is 0 Å². The van der Waals surface area contributed by atoms with Crippen LogP contribution >= 0.6 is 34.8 Å². The van der Waals surface area contributed by atoms with Crippen LogP contribution in [0.25, 0.3) is 0 Å². The summed E-state index contributed by atoms with van der Waals surface area (Å²) in [4.78, 5) is 11.5. The van der Waals surface area contributed by atoms with Crippen molar-refractivity contribution in [3.05, 3.63) is 32.3 Å². The monoisotopic (exact) mass is 278 g/mol. The van der Waals surface area contributed by atoms with Crippen LogP contribution in [0.5, 0.6) is 0 Å². The summed E-state index contributed by atoms with van der Waals surface area (Å²) < 4.78 is 0. The Morgan fingerprint density at radius 2 is 1.88 bits per heavy atom. The van der Waals surface area contributed by atoms with Gasteiger partial charge in [0, 0.05) is 5.56 Å². The second-order valence-electron chi connectivity index (χ2n) is 3.67. The minimum atomic E-state index is -0.0356. The van der Waals surface area contributed by atoms with Gasteiger partial charge in [-0.25, -0.2) is 0 Å². The maximum Gasteiger partial charge on any atom is 0.160 e. The second-order valence-corrected chi connectivity index (χ2v) is 4.84. The molecule has 88 valence electrons. The van der Waals surface area contributed by atoms with Gasteiger partial charge < -0.3 is 0 Å². The number of carbonyl (C=O) groups excluding carboxylic acids is 1. The van der Waals surface area contributed by atoms with E-state index in [9.17, 15) is 4.79 Å². The van der Waals surface area contributed by atoms with Gasteiger partial charge in [0.05, 0.1) is 15.1 Å². The summed E-state index contributed by atoms with van der Waals surface area (Å²) in [6, 6.07) is 1.60. The maximum atomic E-state index is 11.5. The van der Waals surface area contributed by atoms with Crippen molar-refractivity contribution in [1.82, 2.24) is 0 Å². The summed E-state index contributed by atoms with van der Waals surface area (Å²) in [5.41, 5.74) is 1.39. The Morgan fingerprint density at radius 1 is 1.25 bits per heavy atom. The molecule has 0 unspecified atom stereocenters. The average Bonchev–Trinajstić information content (AvgIpc) is 2.24. The van der Waals surface area contributed by atoms with Crippen molar-refractivity contribution < 1.29 is 4.79 Å². The molecular formula is C12H13Cl3O. The molecule has 4 heteroatoms. The van der Waals surface area contributed by atoms with Crippen molar-refractivity contribution in [3.8, 4) is 0 Å². The van der Waals surface area contributed by atoms with Gasteiger partial charge in [-0.2, -0.15) is 0 Å². The number of carbonyl (C=O) groups is 1. The van der Waals surface area contributed by atoms with Crippen LogP contribution in [-0.4, -0.2) is 5.78 Å². The number of halogens is 3.